The summed E-state index contributed by atoms with van der Waals surface area (Å²) in [4.78, 5) is 0. The molecule has 1 aromatic heterocycles. The molecule has 2 N–H and O–H groups in total. The lowest BCUT2D eigenvalue weighted by molar-refractivity contribution is 0.434. The van der Waals surface area contributed by atoms with E-state index in [0.29, 0.717) is 5.88 Å². The van der Waals surface area contributed by atoms with E-state index in [1.165, 1.54) is 0 Å². The van der Waals surface area contributed by atoms with Crippen molar-refractivity contribution in [1.82, 2.24) is 5.16 Å². The quantitative estimate of drug-likeness (QED) is 0.508. The average Bonchev–Trinajstić information content (AvgIpc) is 1.91. The van der Waals surface area contributed by atoms with Crippen LogP contribution < -0.4 is 5.73 Å². The maximum absolute atomic E-state index is 5.18. The van der Waals surface area contributed by atoms with E-state index in [0.717, 1.165) is 5.56 Å². The molecule has 0 aromatic carbocycles. The molecule has 1 radical (unpaired) electrons. The SMILES string of the molecule is Cc1[c]noc1N. The topological polar surface area (TPSA) is 52.0 Å². The molecule has 1 heterocycles. The summed E-state index contributed by atoms with van der Waals surface area (Å²) in [6.45, 7) is 1.78. The van der Waals surface area contributed by atoms with E-state index in [4.69, 9.17) is 5.73 Å². The molecule has 1 rings (SSSR count). The van der Waals surface area contributed by atoms with Gasteiger partial charge in [-0.2, -0.15) is 0 Å². The van der Waals surface area contributed by atoms with Gasteiger partial charge in [-0.15, -0.1) is 0 Å². The molecule has 0 bridgehead atoms. The van der Waals surface area contributed by atoms with Gasteiger partial charge < -0.3 is 10.3 Å². The van der Waals surface area contributed by atoms with Gasteiger partial charge in [0.1, 0.15) is 6.20 Å². The Hall–Kier alpha value is -0.990. The van der Waals surface area contributed by atoms with Crippen molar-refractivity contribution in [3.63, 3.8) is 0 Å². The summed E-state index contributed by atoms with van der Waals surface area (Å²) in [7, 11) is 0. The van der Waals surface area contributed by atoms with Crippen LogP contribution in [0, 0.1) is 13.1 Å². The van der Waals surface area contributed by atoms with Crippen molar-refractivity contribution in [3.05, 3.63) is 11.8 Å². The van der Waals surface area contributed by atoms with Crippen LogP contribution in [0.3, 0.4) is 0 Å². The van der Waals surface area contributed by atoms with Gasteiger partial charge in [0.15, 0.2) is 0 Å². The molecule has 3 nitrogen and oxygen atoms in total. The van der Waals surface area contributed by atoms with Crippen LogP contribution in [0.5, 0.6) is 0 Å². The fourth-order valence-electron chi connectivity index (χ4n) is 0.264. The predicted molar refractivity (Wildman–Crippen MR) is 24.5 cm³/mol. The summed E-state index contributed by atoms with van der Waals surface area (Å²) in [5.41, 5.74) is 5.94. The van der Waals surface area contributed by atoms with Gasteiger partial charge in [0.05, 0.1) is 0 Å². The van der Waals surface area contributed by atoms with Gasteiger partial charge in [0.25, 0.3) is 0 Å². The highest BCUT2D eigenvalue weighted by Gasteiger charge is 1.93. The second kappa shape index (κ2) is 1.26. The molecule has 0 aliphatic heterocycles. The Bertz CT molecular complexity index is 142. The van der Waals surface area contributed by atoms with Gasteiger partial charge in [-0.3, -0.25) is 0 Å². The molecular weight excluding hydrogens is 92.1 g/mol. The Labute approximate surface area is 41.1 Å². The summed E-state index contributed by atoms with van der Waals surface area (Å²) in [6, 6.07) is 0. The molecular formula is C4H5N2O. The normalized spacial score (nSPS) is 9.29. The van der Waals surface area contributed by atoms with Gasteiger partial charge in [-0.1, -0.05) is 5.16 Å². The first-order valence-corrected chi connectivity index (χ1v) is 1.90. The molecule has 0 amide bonds. The monoisotopic (exact) mass is 97.0 g/mol. The number of rotatable bonds is 0. The summed E-state index contributed by atoms with van der Waals surface area (Å²) < 4.78 is 4.44. The Balaban J connectivity index is 3.12. The second-order valence-corrected chi connectivity index (χ2v) is 1.28. The van der Waals surface area contributed by atoms with Crippen LogP contribution in [0.4, 0.5) is 5.88 Å². The smallest absolute Gasteiger partial charge is 0.225 e. The van der Waals surface area contributed by atoms with Crippen LogP contribution in [0.1, 0.15) is 5.56 Å². The van der Waals surface area contributed by atoms with Crippen LogP contribution in [0.2, 0.25) is 0 Å². The summed E-state index contributed by atoms with van der Waals surface area (Å²) in [6.07, 6.45) is 2.53. The van der Waals surface area contributed by atoms with Crippen molar-refractivity contribution >= 4 is 5.88 Å². The fourth-order valence-corrected chi connectivity index (χ4v) is 0.264. The average molecular weight is 97.1 g/mol. The van der Waals surface area contributed by atoms with E-state index in [1.54, 1.807) is 6.92 Å². The number of aromatic nitrogens is 1. The van der Waals surface area contributed by atoms with Crippen molar-refractivity contribution in [2.45, 2.75) is 6.92 Å². The number of aryl methyl sites for hydroxylation is 1. The number of hydrogen-bond acceptors (Lipinski definition) is 3. The Morgan fingerprint density at radius 1 is 1.86 bits per heavy atom. The van der Waals surface area contributed by atoms with E-state index in [-0.39, 0.29) is 0 Å². The first-order valence-electron chi connectivity index (χ1n) is 1.90. The van der Waals surface area contributed by atoms with Gasteiger partial charge >= 0.3 is 0 Å². The minimum absolute atomic E-state index is 0.347. The number of nitrogen functional groups attached to an aromatic ring is 1. The largest absolute Gasteiger partial charge is 0.367 e. The van der Waals surface area contributed by atoms with Crippen molar-refractivity contribution in [1.29, 1.82) is 0 Å². The van der Waals surface area contributed by atoms with E-state index in [2.05, 4.69) is 15.9 Å². The zero-order valence-electron chi connectivity index (χ0n) is 3.93. The van der Waals surface area contributed by atoms with Crippen LogP contribution in [-0.4, -0.2) is 5.16 Å². The Morgan fingerprint density at radius 2 is 2.57 bits per heavy atom. The maximum Gasteiger partial charge on any atom is 0.225 e. The highest BCUT2D eigenvalue weighted by Crippen LogP contribution is 2.04. The molecule has 1 aromatic rings. The minimum atomic E-state index is 0.347. The van der Waals surface area contributed by atoms with Crippen molar-refractivity contribution < 1.29 is 4.52 Å². The highest BCUT2D eigenvalue weighted by molar-refractivity contribution is 5.30. The van der Waals surface area contributed by atoms with Crippen LogP contribution in [0.25, 0.3) is 0 Å². The lowest BCUT2D eigenvalue weighted by atomic mass is 10.4. The van der Waals surface area contributed by atoms with Crippen molar-refractivity contribution in [3.8, 4) is 0 Å². The number of hydrogen-bond donors (Lipinski definition) is 1. The summed E-state index contributed by atoms with van der Waals surface area (Å²) in [5, 5.41) is 3.30. The van der Waals surface area contributed by atoms with E-state index >= 15 is 0 Å². The number of nitrogens with two attached hydrogens (primary N) is 1. The molecule has 0 spiro atoms. The first-order chi connectivity index (χ1) is 3.30. The molecule has 0 fully saturated rings. The third kappa shape index (κ3) is 0.559. The molecule has 0 aliphatic rings. The van der Waals surface area contributed by atoms with Crippen LogP contribution in [0.15, 0.2) is 4.52 Å². The second-order valence-electron chi connectivity index (χ2n) is 1.28. The summed E-state index contributed by atoms with van der Waals surface area (Å²) in [5.74, 6) is 0.347. The standard InChI is InChI=1S/C4H5N2O/c1-3-2-6-7-4(3)5/h5H2,1H3. The molecule has 3 heteroatoms. The first kappa shape index (κ1) is 4.18. The highest BCUT2D eigenvalue weighted by atomic mass is 16.5. The molecule has 0 saturated carbocycles. The molecule has 0 saturated heterocycles. The molecule has 0 aliphatic carbocycles. The molecule has 0 unspecified atom stereocenters. The summed E-state index contributed by atoms with van der Waals surface area (Å²) >= 11 is 0. The third-order valence-corrected chi connectivity index (χ3v) is 0.727. The van der Waals surface area contributed by atoms with Crippen molar-refractivity contribution in [2.75, 3.05) is 5.73 Å². The number of anilines is 1. The van der Waals surface area contributed by atoms with Gasteiger partial charge in [0, 0.05) is 5.56 Å². The van der Waals surface area contributed by atoms with Gasteiger partial charge in [-0.25, -0.2) is 0 Å². The fraction of sp³-hybridized carbons (Fsp3) is 0.250. The van der Waals surface area contributed by atoms with Gasteiger partial charge in [0.2, 0.25) is 5.88 Å². The van der Waals surface area contributed by atoms with E-state index in [1.807, 2.05) is 0 Å². The minimum Gasteiger partial charge on any atom is -0.367 e. The zero-order valence-corrected chi connectivity index (χ0v) is 3.93. The van der Waals surface area contributed by atoms with E-state index < -0.39 is 0 Å². The zero-order chi connectivity index (χ0) is 5.28. The lowest BCUT2D eigenvalue weighted by Crippen LogP contribution is -1.80. The van der Waals surface area contributed by atoms with Crippen molar-refractivity contribution in [2.24, 2.45) is 0 Å². The predicted octanol–water partition coefficient (Wildman–Crippen LogP) is 0.365. The molecule has 7 heavy (non-hydrogen) atoms. The third-order valence-electron chi connectivity index (χ3n) is 0.727. The Kier molecular flexibility index (Phi) is 0.749. The molecule has 0 atom stereocenters. The van der Waals surface area contributed by atoms with Crippen LogP contribution >= 0.6 is 0 Å². The maximum atomic E-state index is 5.18. The van der Waals surface area contributed by atoms with Gasteiger partial charge in [-0.05, 0) is 6.92 Å². The Morgan fingerprint density at radius 3 is 2.71 bits per heavy atom. The lowest BCUT2D eigenvalue weighted by Gasteiger charge is -1.76. The molecule has 37 valence electrons. The van der Waals surface area contributed by atoms with E-state index in [9.17, 15) is 0 Å². The number of nitrogens with zero attached hydrogens (tertiary/aromatic N) is 1. The van der Waals surface area contributed by atoms with Crippen LogP contribution in [-0.2, 0) is 0 Å².